The molecule has 1 fully saturated rings. The van der Waals surface area contributed by atoms with Gasteiger partial charge in [-0.1, -0.05) is 23.2 Å². The molecule has 1 N–H and O–H groups in total. The lowest BCUT2D eigenvalue weighted by atomic mass is 10.0. The number of benzene rings is 1. The molecule has 1 unspecified atom stereocenters. The lowest BCUT2D eigenvalue weighted by Gasteiger charge is -2.36. The van der Waals surface area contributed by atoms with E-state index in [0.717, 1.165) is 31.5 Å². The van der Waals surface area contributed by atoms with E-state index in [1.807, 2.05) is 6.92 Å². The van der Waals surface area contributed by atoms with Gasteiger partial charge in [0.15, 0.2) is 0 Å². The number of likely N-dealkylation sites (tertiary alicyclic amines) is 1. The molecule has 0 spiro atoms. The topological polar surface area (TPSA) is 57.1 Å². The Hall–Kier alpha value is -1.40. The molecule has 1 saturated heterocycles. The van der Waals surface area contributed by atoms with Crippen molar-refractivity contribution >= 4 is 53.3 Å². The molecule has 0 bridgehead atoms. The van der Waals surface area contributed by atoms with Crippen LogP contribution >= 0.6 is 34.8 Å². The lowest BCUT2D eigenvalue weighted by Crippen LogP contribution is -2.48. The molecule has 28 heavy (non-hydrogen) atoms. The monoisotopic (exact) mass is 442 g/mol. The van der Waals surface area contributed by atoms with E-state index in [0.29, 0.717) is 28.0 Å². The smallest absolute Gasteiger partial charge is 0.252 e. The zero-order valence-electron chi connectivity index (χ0n) is 16.1. The Bertz CT molecular complexity index is 771. The number of amides is 1. The number of carbonyl (C=O) groups excluding carboxylic acids is 1. The van der Waals surface area contributed by atoms with Crippen LogP contribution in [0, 0.1) is 0 Å². The van der Waals surface area contributed by atoms with Gasteiger partial charge in [-0.2, -0.15) is 0 Å². The standard InChI is InChI=1S/C20H25Cl3N4O/c1-13(11-25-14(2)24-3)19(27-8-6-15(21)7-9-27)12-26-20(28)17-5-4-16(22)10-18(17)23/h4-5,10-11,15,19H,3,6-9,12H2,1-2H3,(H,26,28)/b13-11+,25-14-. The first-order valence-electron chi connectivity index (χ1n) is 9.11. The van der Waals surface area contributed by atoms with E-state index in [2.05, 4.69) is 26.9 Å². The van der Waals surface area contributed by atoms with E-state index in [4.69, 9.17) is 34.8 Å². The van der Waals surface area contributed by atoms with Gasteiger partial charge in [-0.3, -0.25) is 9.69 Å². The van der Waals surface area contributed by atoms with Crippen LogP contribution in [0.3, 0.4) is 0 Å². The number of nitrogens with zero attached hydrogens (tertiary/aromatic N) is 3. The van der Waals surface area contributed by atoms with Crippen LogP contribution in [0.1, 0.15) is 37.0 Å². The first kappa shape index (κ1) is 22.9. The summed E-state index contributed by atoms with van der Waals surface area (Å²) in [6, 6.07) is 4.84. The molecule has 152 valence electrons. The van der Waals surface area contributed by atoms with Crippen molar-refractivity contribution in [3.05, 3.63) is 45.6 Å². The molecule has 0 radical (unpaired) electrons. The van der Waals surface area contributed by atoms with Crippen LogP contribution in [0.15, 0.2) is 40.0 Å². The third-order valence-corrected chi connectivity index (χ3v) is 5.73. The summed E-state index contributed by atoms with van der Waals surface area (Å²) < 4.78 is 0. The molecule has 2 rings (SSSR count). The van der Waals surface area contributed by atoms with Crippen LogP contribution in [0.2, 0.25) is 10.0 Å². The minimum absolute atomic E-state index is 0.000516. The Balaban J connectivity index is 2.14. The molecular weight excluding hydrogens is 419 g/mol. The Morgan fingerprint density at radius 3 is 2.64 bits per heavy atom. The van der Waals surface area contributed by atoms with Crippen molar-refractivity contribution in [2.75, 3.05) is 19.6 Å². The minimum atomic E-state index is -0.237. The summed E-state index contributed by atoms with van der Waals surface area (Å²) in [7, 11) is 0. The third kappa shape index (κ3) is 6.59. The Kier molecular flexibility index (Phi) is 8.96. The van der Waals surface area contributed by atoms with Gasteiger partial charge in [0.2, 0.25) is 0 Å². The molecule has 1 aromatic carbocycles. The molecule has 1 amide bonds. The van der Waals surface area contributed by atoms with Crippen molar-refractivity contribution in [3.63, 3.8) is 0 Å². The van der Waals surface area contributed by atoms with E-state index >= 15 is 0 Å². The fourth-order valence-electron chi connectivity index (χ4n) is 3.04. The van der Waals surface area contributed by atoms with Crippen molar-refractivity contribution < 1.29 is 4.79 Å². The number of alkyl halides is 1. The SMILES string of the molecule is C=N/C(C)=N\C=C(/C)C(CNC(=O)c1ccc(Cl)cc1Cl)N1CCC(Cl)CC1. The van der Waals surface area contributed by atoms with E-state index in [9.17, 15) is 4.79 Å². The van der Waals surface area contributed by atoms with Gasteiger partial charge in [0.25, 0.3) is 5.91 Å². The Morgan fingerprint density at radius 1 is 1.36 bits per heavy atom. The maximum atomic E-state index is 12.6. The summed E-state index contributed by atoms with van der Waals surface area (Å²) in [4.78, 5) is 23.0. The maximum Gasteiger partial charge on any atom is 0.252 e. The van der Waals surface area contributed by atoms with Crippen LogP contribution < -0.4 is 5.32 Å². The Morgan fingerprint density at radius 2 is 2.04 bits per heavy atom. The maximum absolute atomic E-state index is 12.6. The van der Waals surface area contributed by atoms with Crippen LogP contribution in [0.25, 0.3) is 0 Å². The van der Waals surface area contributed by atoms with E-state index in [-0.39, 0.29) is 17.3 Å². The summed E-state index contributed by atoms with van der Waals surface area (Å²) >= 11 is 18.3. The Labute approximate surface area is 181 Å². The number of hydrogen-bond donors (Lipinski definition) is 1. The molecule has 5 nitrogen and oxygen atoms in total. The van der Waals surface area contributed by atoms with Crippen molar-refractivity contribution in [3.8, 4) is 0 Å². The zero-order valence-corrected chi connectivity index (χ0v) is 18.4. The first-order valence-corrected chi connectivity index (χ1v) is 10.3. The number of piperidine rings is 1. The average molecular weight is 444 g/mol. The largest absolute Gasteiger partial charge is 0.350 e. The summed E-state index contributed by atoms with van der Waals surface area (Å²) in [5, 5.41) is 4.01. The van der Waals surface area contributed by atoms with Crippen molar-refractivity contribution in [1.29, 1.82) is 0 Å². The minimum Gasteiger partial charge on any atom is -0.350 e. The van der Waals surface area contributed by atoms with Crippen LogP contribution in [-0.2, 0) is 0 Å². The summed E-state index contributed by atoms with van der Waals surface area (Å²) in [5.74, 6) is 0.355. The van der Waals surface area contributed by atoms with Gasteiger partial charge in [0.05, 0.1) is 10.6 Å². The number of halogens is 3. The van der Waals surface area contributed by atoms with E-state index in [1.54, 1.807) is 31.3 Å². The van der Waals surface area contributed by atoms with E-state index < -0.39 is 0 Å². The van der Waals surface area contributed by atoms with Gasteiger partial charge in [-0.25, -0.2) is 9.98 Å². The quantitative estimate of drug-likeness (QED) is 0.389. The highest BCUT2D eigenvalue weighted by Gasteiger charge is 2.26. The second-order valence-corrected chi connectivity index (χ2v) is 8.23. The fraction of sp³-hybridized carbons (Fsp3) is 0.450. The second kappa shape index (κ2) is 11.0. The third-order valence-electron chi connectivity index (χ3n) is 4.74. The van der Waals surface area contributed by atoms with Crippen molar-refractivity contribution in [1.82, 2.24) is 10.2 Å². The molecule has 0 aromatic heterocycles. The molecular formula is C20H25Cl3N4O. The summed E-state index contributed by atoms with van der Waals surface area (Å²) in [5.41, 5.74) is 1.43. The van der Waals surface area contributed by atoms with Crippen LogP contribution in [0.4, 0.5) is 0 Å². The number of rotatable bonds is 6. The molecule has 8 heteroatoms. The fourth-order valence-corrected chi connectivity index (χ4v) is 3.73. The first-order chi connectivity index (χ1) is 13.3. The van der Waals surface area contributed by atoms with Crippen LogP contribution in [0.5, 0.6) is 0 Å². The van der Waals surface area contributed by atoms with Gasteiger partial charge in [-0.05, 0) is 57.2 Å². The second-order valence-electron chi connectivity index (χ2n) is 6.77. The van der Waals surface area contributed by atoms with Gasteiger partial charge in [-0.15, -0.1) is 11.6 Å². The predicted octanol–water partition coefficient (Wildman–Crippen LogP) is 4.82. The number of carbonyl (C=O) groups is 1. The van der Waals surface area contributed by atoms with Crippen molar-refractivity contribution in [2.45, 2.75) is 38.1 Å². The van der Waals surface area contributed by atoms with Gasteiger partial charge in [0.1, 0.15) is 5.84 Å². The molecule has 0 aliphatic carbocycles. The number of amidine groups is 1. The number of hydrogen-bond acceptors (Lipinski definition) is 3. The van der Waals surface area contributed by atoms with E-state index in [1.165, 1.54) is 0 Å². The van der Waals surface area contributed by atoms with Crippen molar-refractivity contribution in [2.24, 2.45) is 9.98 Å². The number of nitrogens with one attached hydrogen (secondary N) is 1. The highest BCUT2D eigenvalue weighted by atomic mass is 35.5. The highest BCUT2D eigenvalue weighted by Crippen LogP contribution is 2.22. The summed E-state index contributed by atoms with van der Waals surface area (Å²) in [6.07, 6.45) is 3.61. The molecule has 0 saturated carbocycles. The lowest BCUT2D eigenvalue weighted by molar-refractivity contribution is 0.0934. The molecule has 1 aliphatic heterocycles. The van der Waals surface area contributed by atoms with Crippen LogP contribution in [-0.4, -0.2) is 54.4 Å². The molecule has 1 atom stereocenters. The molecule has 1 aliphatic rings. The predicted molar refractivity (Wildman–Crippen MR) is 119 cm³/mol. The highest BCUT2D eigenvalue weighted by molar-refractivity contribution is 6.36. The summed E-state index contributed by atoms with van der Waals surface area (Å²) in [6.45, 7) is 9.42. The van der Waals surface area contributed by atoms with Gasteiger partial charge in [0, 0.05) is 42.3 Å². The molecule has 1 aromatic rings. The normalized spacial score (nSPS) is 18.0. The van der Waals surface area contributed by atoms with Gasteiger partial charge < -0.3 is 5.32 Å². The average Bonchev–Trinajstić information content (AvgIpc) is 2.67. The zero-order chi connectivity index (χ0) is 20.7. The van der Waals surface area contributed by atoms with Gasteiger partial charge >= 0.3 is 0 Å². The number of aliphatic imine (C=N–C) groups is 2. The molecule has 1 heterocycles.